The molecule has 0 fully saturated rings. The van der Waals surface area contributed by atoms with Crippen LogP contribution in [0.5, 0.6) is 5.75 Å². The molecule has 0 aliphatic carbocycles. The smallest absolute Gasteiger partial charge is 0.123 e. The highest BCUT2D eigenvalue weighted by Crippen LogP contribution is 2.23. The highest BCUT2D eigenvalue weighted by Gasteiger charge is 2.04. The van der Waals surface area contributed by atoms with Crippen molar-refractivity contribution in [3.8, 4) is 5.75 Å². The Labute approximate surface area is 120 Å². The van der Waals surface area contributed by atoms with E-state index in [-0.39, 0.29) is 0 Å². The number of rotatable bonds is 8. The van der Waals surface area contributed by atoms with Gasteiger partial charge in [-0.1, -0.05) is 22.9 Å². The molecule has 1 rings (SSSR count). The van der Waals surface area contributed by atoms with E-state index < -0.39 is 10.8 Å². The van der Waals surface area contributed by atoms with E-state index in [2.05, 4.69) is 34.2 Å². The molecule has 0 aliphatic rings. The Morgan fingerprint density at radius 2 is 2.22 bits per heavy atom. The van der Waals surface area contributed by atoms with Crippen molar-refractivity contribution in [3.05, 3.63) is 28.2 Å². The zero-order valence-electron chi connectivity index (χ0n) is 10.9. The first-order valence-electron chi connectivity index (χ1n) is 6.05. The van der Waals surface area contributed by atoms with Gasteiger partial charge in [-0.3, -0.25) is 4.21 Å². The average molecular weight is 334 g/mol. The molecule has 0 saturated heterocycles. The average Bonchev–Trinajstić information content (AvgIpc) is 2.33. The van der Waals surface area contributed by atoms with Gasteiger partial charge in [-0.15, -0.1) is 0 Å². The predicted molar refractivity (Wildman–Crippen MR) is 80.6 cm³/mol. The van der Waals surface area contributed by atoms with E-state index >= 15 is 0 Å². The van der Waals surface area contributed by atoms with Crippen LogP contribution in [0.1, 0.15) is 18.9 Å². The summed E-state index contributed by atoms with van der Waals surface area (Å²) in [6.07, 6.45) is 2.72. The molecule has 1 atom stereocenters. The zero-order chi connectivity index (χ0) is 13.4. The van der Waals surface area contributed by atoms with E-state index in [1.54, 1.807) is 6.26 Å². The first kappa shape index (κ1) is 15.7. The third-order valence-corrected chi connectivity index (χ3v) is 3.64. The van der Waals surface area contributed by atoms with Gasteiger partial charge in [0.05, 0.1) is 6.61 Å². The summed E-state index contributed by atoms with van der Waals surface area (Å²) >= 11 is 3.46. The van der Waals surface area contributed by atoms with Gasteiger partial charge in [-0.2, -0.15) is 0 Å². The fraction of sp³-hybridized carbons (Fsp3) is 0.538. The molecule has 1 aromatic rings. The molecule has 0 bridgehead atoms. The minimum Gasteiger partial charge on any atom is -0.493 e. The normalized spacial score (nSPS) is 12.4. The number of benzene rings is 1. The molecular weight excluding hydrogens is 314 g/mol. The van der Waals surface area contributed by atoms with Crippen LogP contribution < -0.4 is 10.1 Å². The number of ether oxygens (including phenoxy) is 1. The third kappa shape index (κ3) is 5.98. The molecule has 0 saturated carbocycles. The van der Waals surface area contributed by atoms with Crippen molar-refractivity contribution >= 4 is 26.7 Å². The topological polar surface area (TPSA) is 38.3 Å². The lowest BCUT2D eigenvalue weighted by atomic mass is 10.2. The lowest BCUT2D eigenvalue weighted by molar-refractivity contribution is 0.313. The summed E-state index contributed by atoms with van der Waals surface area (Å²) in [5.74, 6) is 1.60. The van der Waals surface area contributed by atoms with Gasteiger partial charge in [0, 0.05) is 45.9 Å². The van der Waals surface area contributed by atoms with Crippen molar-refractivity contribution in [1.82, 2.24) is 5.32 Å². The second-order valence-corrected chi connectivity index (χ2v) is 6.52. The molecule has 1 aromatic carbocycles. The summed E-state index contributed by atoms with van der Waals surface area (Å²) < 4.78 is 17.7. The van der Waals surface area contributed by atoms with Crippen LogP contribution in [0.2, 0.25) is 0 Å². The van der Waals surface area contributed by atoms with Gasteiger partial charge in [0.25, 0.3) is 0 Å². The van der Waals surface area contributed by atoms with Crippen LogP contribution in [-0.4, -0.2) is 29.4 Å². The summed E-state index contributed by atoms with van der Waals surface area (Å²) in [5.41, 5.74) is 1.12. The maximum atomic E-state index is 11.0. The Kier molecular flexibility index (Phi) is 7.54. The van der Waals surface area contributed by atoms with Gasteiger partial charge in [-0.25, -0.2) is 0 Å². The Hall–Kier alpha value is -0.390. The van der Waals surface area contributed by atoms with E-state index in [0.29, 0.717) is 5.75 Å². The zero-order valence-corrected chi connectivity index (χ0v) is 13.3. The number of hydrogen-bond donors (Lipinski definition) is 1. The summed E-state index contributed by atoms with van der Waals surface area (Å²) in [5, 5.41) is 3.28. The van der Waals surface area contributed by atoms with Crippen LogP contribution >= 0.6 is 15.9 Å². The molecule has 0 radical (unpaired) electrons. The lowest BCUT2D eigenvalue weighted by Gasteiger charge is -2.12. The van der Waals surface area contributed by atoms with Crippen molar-refractivity contribution in [2.75, 3.05) is 25.2 Å². The first-order chi connectivity index (χ1) is 8.63. The number of halogens is 1. The molecule has 1 unspecified atom stereocenters. The van der Waals surface area contributed by atoms with Crippen molar-refractivity contribution in [2.45, 2.75) is 19.9 Å². The van der Waals surface area contributed by atoms with Gasteiger partial charge in [0.2, 0.25) is 0 Å². The molecule has 0 spiro atoms. The highest BCUT2D eigenvalue weighted by molar-refractivity contribution is 9.10. The molecule has 1 N–H and O–H groups in total. The first-order valence-corrected chi connectivity index (χ1v) is 8.57. The second-order valence-electron chi connectivity index (χ2n) is 4.05. The second kappa shape index (κ2) is 8.67. The summed E-state index contributed by atoms with van der Waals surface area (Å²) in [6.45, 7) is 4.31. The van der Waals surface area contributed by atoms with Gasteiger partial charge >= 0.3 is 0 Å². The SMILES string of the molecule is CCCOc1ccc(Br)cc1CNCCS(C)=O. The van der Waals surface area contributed by atoms with E-state index in [0.717, 1.165) is 41.9 Å². The summed E-state index contributed by atoms with van der Waals surface area (Å²) in [6, 6.07) is 6.02. The van der Waals surface area contributed by atoms with Crippen LogP contribution in [-0.2, 0) is 17.3 Å². The fourth-order valence-corrected chi connectivity index (χ4v) is 2.32. The maximum absolute atomic E-state index is 11.0. The molecule has 0 aromatic heterocycles. The van der Waals surface area contributed by atoms with E-state index in [9.17, 15) is 4.21 Å². The van der Waals surface area contributed by atoms with Crippen LogP contribution in [0.4, 0.5) is 0 Å². The van der Waals surface area contributed by atoms with Crippen molar-refractivity contribution in [2.24, 2.45) is 0 Å². The van der Waals surface area contributed by atoms with Crippen LogP contribution in [0.15, 0.2) is 22.7 Å². The van der Waals surface area contributed by atoms with E-state index in [4.69, 9.17) is 4.74 Å². The Morgan fingerprint density at radius 3 is 2.89 bits per heavy atom. The lowest BCUT2D eigenvalue weighted by Crippen LogP contribution is -2.20. The van der Waals surface area contributed by atoms with Crippen LogP contribution in [0.25, 0.3) is 0 Å². The monoisotopic (exact) mass is 333 g/mol. The Morgan fingerprint density at radius 1 is 1.44 bits per heavy atom. The van der Waals surface area contributed by atoms with Crippen LogP contribution in [0, 0.1) is 0 Å². The molecule has 102 valence electrons. The van der Waals surface area contributed by atoms with Gasteiger partial charge < -0.3 is 10.1 Å². The third-order valence-electron chi connectivity index (χ3n) is 2.37. The van der Waals surface area contributed by atoms with Gasteiger partial charge in [0.1, 0.15) is 5.75 Å². The molecule has 0 heterocycles. The molecule has 0 aliphatic heterocycles. The maximum Gasteiger partial charge on any atom is 0.123 e. The largest absolute Gasteiger partial charge is 0.493 e. The molecule has 5 heteroatoms. The minimum atomic E-state index is -0.741. The highest BCUT2D eigenvalue weighted by atomic mass is 79.9. The van der Waals surface area contributed by atoms with Crippen LogP contribution in [0.3, 0.4) is 0 Å². The van der Waals surface area contributed by atoms with E-state index in [1.807, 2.05) is 12.1 Å². The van der Waals surface area contributed by atoms with Gasteiger partial charge in [0.15, 0.2) is 0 Å². The van der Waals surface area contributed by atoms with Crippen molar-refractivity contribution in [1.29, 1.82) is 0 Å². The molecule has 0 amide bonds. The quantitative estimate of drug-likeness (QED) is 0.743. The number of hydrogen-bond acceptors (Lipinski definition) is 3. The molecular formula is C13H20BrNO2S. The van der Waals surface area contributed by atoms with E-state index in [1.165, 1.54) is 0 Å². The van der Waals surface area contributed by atoms with Crippen molar-refractivity contribution < 1.29 is 8.95 Å². The standard InChI is InChI=1S/C13H20BrNO2S/c1-3-7-17-13-5-4-12(14)9-11(13)10-15-6-8-18(2)16/h4-5,9,15H,3,6-8,10H2,1-2H3. The molecule has 3 nitrogen and oxygen atoms in total. The number of nitrogens with one attached hydrogen (secondary N) is 1. The Bertz CT molecular complexity index is 399. The summed E-state index contributed by atoms with van der Waals surface area (Å²) in [7, 11) is -0.741. The van der Waals surface area contributed by atoms with Gasteiger partial charge in [-0.05, 0) is 24.6 Å². The van der Waals surface area contributed by atoms with Crippen molar-refractivity contribution in [3.63, 3.8) is 0 Å². The Balaban J connectivity index is 2.55. The predicted octanol–water partition coefficient (Wildman–Crippen LogP) is 2.71. The fourth-order valence-electron chi connectivity index (χ4n) is 1.48. The minimum absolute atomic E-state index is 0.680. The summed E-state index contributed by atoms with van der Waals surface area (Å²) in [4.78, 5) is 0. The molecule has 18 heavy (non-hydrogen) atoms.